The minimum Gasteiger partial charge on any atom is -0.505 e. The molecule has 0 amide bonds. The first-order valence-corrected chi connectivity index (χ1v) is 8.96. The number of halogens is 3. The summed E-state index contributed by atoms with van der Waals surface area (Å²) in [6.45, 7) is 0. The fourth-order valence-electron chi connectivity index (χ4n) is 2.74. The second kappa shape index (κ2) is 6.89. The van der Waals surface area contributed by atoms with Crippen molar-refractivity contribution in [3.63, 3.8) is 0 Å². The van der Waals surface area contributed by atoms with E-state index >= 15 is 0 Å². The Morgan fingerprint density at radius 3 is 2.37 bits per heavy atom. The molecule has 0 aliphatic heterocycles. The van der Waals surface area contributed by atoms with E-state index < -0.39 is 11.2 Å². The lowest BCUT2D eigenvalue weighted by atomic mass is 10.1. The molecule has 0 unspecified atom stereocenters. The van der Waals surface area contributed by atoms with E-state index in [4.69, 9.17) is 39.2 Å². The molecule has 1 N–H and O–H groups in total. The molecular weight excluding hydrogens is 409 g/mol. The van der Waals surface area contributed by atoms with Crippen LogP contribution in [0.5, 0.6) is 5.75 Å². The third-order valence-corrected chi connectivity index (χ3v) is 5.31. The zero-order valence-corrected chi connectivity index (χ0v) is 15.8. The second-order valence-corrected chi connectivity index (χ2v) is 6.94. The van der Waals surface area contributed by atoms with Crippen LogP contribution in [0.3, 0.4) is 0 Å². The van der Waals surface area contributed by atoms with Crippen LogP contribution >= 0.6 is 34.8 Å². The van der Waals surface area contributed by atoms with Crippen molar-refractivity contribution < 1.29 is 9.52 Å². The SMILES string of the molecule is O=c1cc(Cl)c(Cl)c(Cl)c(O)c1-c1nc2cc(-c3ccccc3)ccc2o1. The van der Waals surface area contributed by atoms with Crippen LogP contribution < -0.4 is 5.43 Å². The number of hydrogen-bond acceptors (Lipinski definition) is 4. The van der Waals surface area contributed by atoms with E-state index in [0.717, 1.165) is 17.2 Å². The highest BCUT2D eigenvalue weighted by Gasteiger charge is 2.21. The van der Waals surface area contributed by atoms with Crippen molar-refractivity contribution in [1.29, 1.82) is 0 Å². The van der Waals surface area contributed by atoms with Gasteiger partial charge in [0, 0.05) is 6.07 Å². The topological polar surface area (TPSA) is 63.3 Å². The number of oxazole rings is 1. The van der Waals surface area contributed by atoms with Gasteiger partial charge >= 0.3 is 0 Å². The van der Waals surface area contributed by atoms with E-state index in [1.54, 1.807) is 6.07 Å². The number of aromatic hydroxyl groups is 1. The summed E-state index contributed by atoms with van der Waals surface area (Å²) in [4.78, 5) is 16.8. The fourth-order valence-corrected chi connectivity index (χ4v) is 3.32. The number of fused-ring (bicyclic) bond motifs is 1. The first kappa shape index (κ1) is 17.9. The van der Waals surface area contributed by atoms with Gasteiger partial charge in [-0.25, -0.2) is 4.98 Å². The van der Waals surface area contributed by atoms with Gasteiger partial charge in [-0.3, -0.25) is 4.79 Å². The Kier molecular flexibility index (Phi) is 4.56. The first-order valence-electron chi connectivity index (χ1n) is 7.83. The van der Waals surface area contributed by atoms with Crippen LogP contribution in [-0.4, -0.2) is 10.1 Å². The van der Waals surface area contributed by atoms with Crippen molar-refractivity contribution in [3.05, 3.63) is 79.9 Å². The van der Waals surface area contributed by atoms with Crippen molar-refractivity contribution in [2.75, 3.05) is 0 Å². The minimum atomic E-state index is -0.610. The predicted octanol–water partition coefficient (Wildman–Crippen LogP) is 6.19. The molecule has 0 bridgehead atoms. The van der Waals surface area contributed by atoms with Gasteiger partial charge in [-0.15, -0.1) is 0 Å². The highest BCUT2D eigenvalue weighted by atomic mass is 35.5. The molecule has 0 spiro atoms. The van der Waals surface area contributed by atoms with Crippen molar-refractivity contribution in [3.8, 4) is 28.3 Å². The normalized spacial score (nSPS) is 11.1. The largest absolute Gasteiger partial charge is 0.505 e. The molecule has 0 aliphatic rings. The Balaban J connectivity index is 1.93. The summed E-state index contributed by atoms with van der Waals surface area (Å²) in [6.07, 6.45) is 0. The molecule has 4 nitrogen and oxygen atoms in total. The average molecular weight is 419 g/mol. The Bertz CT molecular complexity index is 1240. The maximum atomic E-state index is 12.5. The Labute approximate surface area is 168 Å². The third kappa shape index (κ3) is 3.16. The summed E-state index contributed by atoms with van der Waals surface area (Å²) in [5.74, 6) is -0.601. The maximum absolute atomic E-state index is 12.5. The van der Waals surface area contributed by atoms with E-state index in [1.165, 1.54) is 0 Å². The Morgan fingerprint density at radius 1 is 0.889 bits per heavy atom. The highest BCUT2D eigenvalue weighted by molar-refractivity contribution is 6.48. The van der Waals surface area contributed by atoms with Gasteiger partial charge in [0.15, 0.2) is 16.8 Å². The number of benzene rings is 2. The van der Waals surface area contributed by atoms with E-state index in [1.807, 2.05) is 42.5 Å². The van der Waals surface area contributed by atoms with E-state index in [2.05, 4.69) is 4.98 Å². The van der Waals surface area contributed by atoms with Crippen LogP contribution in [-0.2, 0) is 0 Å². The number of nitrogens with zero attached hydrogens (tertiary/aromatic N) is 1. The van der Waals surface area contributed by atoms with Crippen LogP contribution in [0.1, 0.15) is 0 Å². The highest BCUT2D eigenvalue weighted by Crippen LogP contribution is 2.39. The van der Waals surface area contributed by atoms with Gasteiger partial charge in [0.05, 0.1) is 10.0 Å². The lowest BCUT2D eigenvalue weighted by Crippen LogP contribution is -1.99. The average Bonchev–Trinajstić information content (AvgIpc) is 3.07. The van der Waals surface area contributed by atoms with Crippen LogP contribution in [0.15, 0.2) is 63.8 Å². The van der Waals surface area contributed by atoms with Gasteiger partial charge in [0.25, 0.3) is 0 Å². The summed E-state index contributed by atoms with van der Waals surface area (Å²) in [7, 11) is 0. The lowest BCUT2D eigenvalue weighted by molar-refractivity contribution is 0.474. The Morgan fingerprint density at radius 2 is 1.63 bits per heavy atom. The fraction of sp³-hybridized carbons (Fsp3) is 0. The molecule has 0 fully saturated rings. The molecule has 0 saturated heterocycles. The van der Waals surface area contributed by atoms with Crippen LogP contribution in [0.2, 0.25) is 15.1 Å². The molecule has 27 heavy (non-hydrogen) atoms. The van der Waals surface area contributed by atoms with Crippen LogP contribution in [0.4, 0.5) is 0 Å². The summed E-state index contributed by atoms with van der Waals surface area (Å²) >= 11 is 17.9. The van der Waals surface area contributed by atoms with Crippen LogP contribution in [0.25, 0.3) is 33.7 Å². The Hall–Kier alpha value is -2.53. The van der Waals surface area contributed by atoms with Gasteiger partial charge in [0.1, 0.15) is 16.1 Å². The number of rotatable bonds is 2. The summed E-state index contributed by atoms with van der Waals surface area (Å²) < 4.78 is 5.67. The molecule has 1 aromatic heterocycles. The summed E-state index contributed by atoms with van der Waals surface area (Å²) in [5, 5.41) is 9.94. The van der Waals surface area contributed by atoms with Gasteiger partial charge in [0.2, 0.25) is 5.89 Å². The number of aromatic nitrogens is 1. The van der Waals surface area contributed by atoms with Crippen LogP contribution in [0, 0.1) is 0 Å². The summed E-state index contributed by atoms with van der Waals surface area (Å²) in [6, 6.07) is 16.3. The van der Waals surface area contributed by atoms with Gasteiger partial charge in [-0.2, -0.15) is 0 Å². The van der Waals surface area contributed by atoms with E-state index in [0.29, 0.717) is 11.1 Å². The van der Waals surface area contributed by atoms with Gasteiger partial charge in [-0.05, 0) is 23.3 Å². The van der Waals surface area contributed by atoms with E-state index in [-0.39, 0.29) is 26.5 Å². The second-order valence-electron chi connectivity index (χ2n) is 5.78. The first-order chi connectivity index (χ1) is 13.0. The van der Waals surface area contributed by atoms with Gasteiger partial charge in [-0.1, -0.05) is 71.2 Å². The molecule has 0 radical (unpaired) electrons. The summed E-state index contributed by atoms with van der Waals surface area (Å²) in [5.41, 5.74) is 2.14. The number of hydrogen-bond donors (Lipinski definition) is 1. The minimum absolute atomic E-state index is 0.0667. The molecule has 3 aromatic carbocycles. The van der Waals surface area contributed by atoms with Crippen molar-refractivity contribution in [2.24, 2.45) is 0 Å². The van der Waals surface area contributed by atoms with Crippen molar-refractivity contribution in [2.45, 2.75) is 0 Å². The van der Waals surface area contributed by atoms with Gasteiger partial charge < -0.3 is 9.52 Å². The molecule has 0 saturated carbocycles. The zero-order chi connectivity index (χ0) is 19.1. The van der Waals surface area contributed by atoms with E-state index in [9.17, 15) is 9.90 Å². The van der Waals surface area contributed by atoms with Crippen molar-refractivity contribution >= 4 is 45.9 Å². The molecule has 134 valence electrons. The smallest absolute Gasteiger partial charge is 0.235 e. The lowest BCUT2D eigenvalue weighted by Gasteiger charge is -1.99. The molecule has 4 rings (SSSR count). The quantitative estimate of drug-likeness (QED) is 0.422. The molecule has 0 atom stereocenters. The third-order valence-electron chi connectivity index (χ3n) is 4.06. The predicted molar refractivity (Wildman–Crippen MR) is 108 cm³/mol. The molecule has 0 aliphatic carbocycles. The molecule has 4 aromatic rings. The standard InChI is InChI=1S/C20H10Cl3NO3/c21-12-9-14(25)16(19(26)18(23)17(12)22)20-24-13-8-11(6-7-15(13)27-20)10-4-2-1-3-5-10/h1-9,26H. The monoisotopic (exact) mass is 417 g/mol. The zero-order valence-electron chi connectivity index (χ0n) is 13.5. The molecule has 1 heterocycles. The maximum Gasteiger partial charge on any atom is 0.235 e. The molecule has 7 heteroatoms. The van der Waals surface area contributed by atoms with Crippen molar-refractivity contribution in [1.82, 2.24) is 4.98 Å². The molecular formula is C20H10Cl3NO3.